The number of benzene rings is 2. The molecule has 0 aliphatic heterocycles. The number of hydrogen-bond donors (Lipinski definition) is 1. The van der Waals surface area contributed by atoms with Crippen LogP contribution in [0.25, 0.3) is 11.1 Å². The van der Waals surface area contributed by atoms with E-state index in [1.165, 1.54) is 19.2 Å². The number of nitrogens with two attached hydrogens (primary N) is 1. The Morgan fingerprint density at radius 2 is 1.70 bits per heavy atom. The van der Waals surface area contributed by atoms with Gasteiger partial charge in [-0.1, -0.05) is 24.3 Å². The van der Waals surface area contributed by atoms with Crippen LogP contribution in [0.2, 0.25) is 0 Å². The molecule has 0 unspecified atom stereocenters. The lowest BCUT2D eigenvalue weighted by atomic mass is 10.0. The fourth-order valence-electron chi connectivity index (χ4n) is 1.77. The summed E-state index contributed by atoms with van der Waals surface area (Å²) in [5.41, 5.74) is 1.91. The molecule has 0 aliphatic carbocycles. The Bertz CT molecular complexity index is 736. The maximum Gasteiger partial charge on any atom is 0.337 e. The van der Waals surface area contributed by atoms with Gasteiger partial charge >= 0.3 is 5.97 Å². The molecule has 0 spiro atoms. The van der Waals surface area contributed by atoms with Gasteiger partial charge in [0.25, 0.3) is 0 Å². The predicted octanol–water partition coefficient (Wildman–Crippen LogP) is 1.79. The largest absolute Gasteiger partial charge is 0.465 e. The van der Waals surface area contributed by atoms with Crippen molar-refractivity contribution in [3.8, 4) is 11.1 Å². The zero-order valence-corrected chi connectivity index (χ0v) is 11.6. The van der Waals surface area contributed by atoms with Crippen molar-refractivity contribution in [1.82, 2.24) is 0 Å². The fourth-order valence-corrected chi connectivity index (χ4v) is 2.33. The van der Waals surface area contributed by atoms with E-state index in [1.54, 1.807) is 36.4 Å². The van der Waals surface area contributed by atoms with Crippen LogP contribution in [0.15, 0.2) is 53.4 Å². The van der Waals surface area contributed by atoms with Crippen LogP contribution in [0.3, 0.4) is 0 Å². The highest BCUT2D eigenvalue weighted by atomic mass is 32.2. The molecule has 0 bridgehead atoms. The van der Waals surface area contributed by atoms with Gasteiger partial charge in [-0.05, 0) is 35.4 Å². The number of esters is 1. The van der Waals surface area contributed by atoms with Crippen molar-refractivity contribution in [2.24, 2.45) is 5.14 Å². The molecule has 104 valence electrons. The van der Waals surface area contributed by atoms with Gasteiger partial charge in [-0.25, -0.2) is 18.4 Å². The van der Waals surface area contributed by atoms with Crippen LogP contribution in [0, 0.1) is 0 Å². The minimum atomic E-state index is -3.73. The highest BCUT2D eigenvalue weighted by Gasteiger charge is 2.09. The van der Waals surface area contributed by atoms with Gasteiger partial charge in [0.1, 0.15) is 0 Å². The third kappa shape index (κ3) is 3.04. The molecule has 0 fully saturated rings. The van der Waals surface area contributed by atoms with Crippen molar-refractivity contribution < 1.29 is 17.9 Å². The summed E-state index contributed by atoms with van der Waals surface area (Å²) in [5.74, 6) is -0.421. The molecule has 0 saturated carbocycles. The summed E-state index contributed by atoms with van der Waals surface area (Å²) in [4.78, 5) is 11.4. The lowest BCUT2D eigenvalue weighted by molar-refractivity contribution is 0.0601. The molecule has 0 saturated heterocycles. The Hall–Kier alpha value is -2.18. The van der Waals surface area contributed by atoms with Crippen LogP contribution in [0.4, 0.5) is 0 Å². The number of rotatable bonds is 3. The highest BCUT2D eigenvalue weighted by Crippen LogP contribution is 2.22. The molecule has 0 aliphatic rings. The van der Waals surface area contributed by atoms with Crippen LogP contribution in [-0.4, -0.2) is 21.5 Å². The summed E-state index contributed by atoms with van der Waals surface area (Å²) in [7, 11) is -2.42. The second kappa shape index (κ2) is 5.44. The zero-order valence-electron chi connectivity index (χ0n) is 10.7. The molecule has 2 aromatic carbocycles. The predicted molar refractivity (Wildman–Crippen MR) is 74.6 cm³/mol. The van der Waals surface area contributed by atoms with Crippen molar-refractivity contribution in [2.75, 3.05) is 7.11 Å². The first-order valence-electron chi connectivity index (χ1n) is 5.73. The quantitative estimate of drug-likeness (QED) is 0.873. The number of ether oxygens (including phenoxy) is 1. The van der Waals surface area contributed by atoms with Crippen LogP contribution < -0.4 is 5.14 Å². The Morgan fingerprint density at radius 1 is 1.05 bits per heavy atom. The van der Waals surface area contributed by atoms with Crippen LogP contribution in [0.5, 0.6) is 0 Å². The van der Waals surface area contributed by atoms with Gasteiger partial charge in [0, 0.05) is 0 Å². The van der Waals surface area contributed by atoms with Crippen molar-refractivity contribution in [1.29, 1.82) is 0 Å². The molecule has 2 N–H and O–H groups in total. The summed E-state index contributed by atoms with van der Waals surface area (Å²) in [6.45, 7) is 0. The third-order valence-corrected chi connectivity index (χ3v) is 3.71. The van der Waals surface area contributed by atoms with Gasteiger partial charge in [-0.15, -0.1) is 0 Å². The van der Waals surface area contributed by atoms with E-state index in [1.807, 2.05) is 0 Å². The smallest absolute Gasteiger partial charge is 0.337 e. The fraction of sp³-hybridized carbons (Fsp3) is 0.0714. The molecule has 5 nitrogen and oxygen atoms in total. The summed E-state index contributed by atoms with van der Waals surface area (Å²) < 4.78 is 27.2. The first-order valence-corrected chi connectivity index (χ1v) is 7.28. The Morgan fingerprint density at radius 3 is 2.25 bits per heavy atom. The van der Waals surface area contributed by atoms with E-state index in [2.05, 4.69) is 4.74 Å². The van der Waals surface area contributed by atoms with Gasteiger partial charge < -0.3 is 4.74 Å². The number of methoxy groups -OCH3 is 1. The molecule has 0 heterocycles. The van der Waals surface area contributed by atoms with Gasteiger partial charge in [-0.2, -0.15) is 0 Å². The minimum absolute atomic E-state index is 0.0482. The SMILES string of the molecule is COC(=O)c1ccc(-c2cccc(S(N)(=O)=O)c2)cc1. The first-order chi connectivity index (χ1) is 9.41. The van der Waals surface area contributed by atoms with Gasteiger partial charge in [0.15, 0.2) is 0 Å². The van der Waals surface area contributed by atoms with E-state index in [9.17, 15) is 13.2 Å². The summed E-state index contributed by atoms with van der Waals surface area (Å²) in [6.07, 6.45) is 0. The highest BCUT2D eigenvalue weighted by molar-refractivity contribution is 7.89. The molecule has 2 aromatic rings. The zero-order chi connectivity index (χ0) is 14.8. The van der Waals surface area contributed by atoms with E-state index in [4.69, 9.17) is 5.14 Å². The normalized spacial score (nSPS) is 11.1. The van der Waals surface area contributed by atoms with E-state index >= 15 is 0 Å². The lowest BCUT2D eigenvalue weighted by Gasteiger charge is -2.05. The van der Waals surface area contributed by atoms with E-state index in [0.29, 0.717) is 11.1 Å². The number of hydrogen-bond acceptors (Lipinski definition) is 4. The average Bonchev–Trinajstić information content (AvgIpc) is 2.46. The molecule has 2 rings (SSSR count). The number of carbonyl (C=O) groups excluding carboxylic acids is 1. The lowest BCUT2D eigenvalue weighted by Crippen LogP contribution is -2.11. The van der Waals surface area contributed by atoms with Gasteiger partial charge in [-0.3, -0.25) is 0 Å². The monoisotopic (exact) mass is 291 g/mol. The molecule has 0 radical (unpaired) electrons. The standard InChI is InChI=1S/C14H13NO4S/c1-19-14(16)11-7-5-10(6-8-11)12-3-2-4-13(9-12)20(15,17)18/h2-9H,1H3,(H2,15,17,18). The van der Waals surface area contributed by atoms with E-state index in [-0.39, 0.29) is 4.90 Å². The first kappa shape index (κ1) is 14.2. The molecule has 6 heteroatoms. The topological polar surface area (TPSA) is 86.5 Å². The Kier molecular flexibility index (Phi) is 3.87. The van der Waals surface area contributed by atoms with Gasteiger partial charge in [0.2, 0.25) is 10.0 Å². The average molecular weight is 291 g/mol. The summed E-state index contributed by atoms with van der Waals surface area (Å²) in [5, 5.41) is 5.10. The Balaban J connectivity index is 2.40. The van der Waals surface area contributed by atoms with Crippen molar-refractivity contribution in [3.63, 3.8) is 0 Å². The van der Waals surface area contributed by atoms with Crippen molar-refractivity contribution in [2.45, 2.75) is 4.90 Å². The molecular formula is C14H13NO4S. The molecule has 0 amide bonds. The number of primary sulfonamides is 1. The third-order valence-electron chi connectivity index (χ3n) is 2.80. The maximum atomic E-state index is 11.3. The molecular weight excluding hydrogens is 278 g/mol. The molecule has 0 atom stereocenters. The second-order valence-electron chi connectivity index (χ2n) is 4.14. The second-order valence-corrected chi connectivity index (χ2v) is 5.70. The Labute approximate surface area is 117 Å². The van der Waals surface area contributed by atoms with Crippen LogP contribution >= 0.6 is 0 Å². The van der Waals surface area contributed by atoms with Crippen molar-refractivity contribution >= 4 is 16.0 Å². The van der Waals surface area contributed by atoms with Gasteiger partial charge in [0.05, 0.1) is 17.6 Å². The maximum absolute atomic E-state index is 11.3. The van der Waals surface area contributed by atoms with Crippen LogP contribution in [0.1, 0.15) is 10.4 Å². The summed E-state index contributed by atoms with van der Waals surface area (Å²) >= 11 is 0. The van der Waals surface area contributed by atoms with Crippen LogP contribution in [-0.2, 0) is 14.8 Å². The van der Waals surface area contributed by atoms with Crippen molar-refractivity contribution in [3.05, 3.63) is 54.1 Å². The number of sulfonamides is 1. The number of carbonyl (C=O) groups is 1. The minimum Gasteiger partial charge on any atom is -0.465 e. The van der Waals surface area contributed by atoms with E-state index < -0.39 is 16.0 Å². The summed E-state index contributed by atoms with van der Waals surface area (Å²) in [6, 6.07) is 13.0. The molecule has 20 heavy (non-hydrogen) atoms. The molecule has 0 aromatic heterocycles. The van der Waals surface area contributed by atoms with E-state index in [0.717, 1.165) is 5.56 Å².